The van der Waals surface area contributed by atoms with Crippen LogP contribution in [0, 0.1) is 5.82 Å². The molecule has 2 nitrogen and oxygen atoms in total. The second-order valence-corrected chi connectivity index (χ2v) is 3.84. The molecule has 1 aliphatic rings. The van der Waals surface area contributed by atoms with Crippen molar-refractivity contribution in [2.24, 2.45) is 0 Å². The number of benzene rings is 1. The lowest BCUT2D eigenvalue weighted by atomic mass is 10.0. The van der Waals surface area contributed by atoms with Gasteiger partial charge in [-0.25, -0.2) is 4.39 Å². The SMILES string of the molecule is Nc1cc(F)ccc1CC1CCCN1. The van der Waals surface area contributed by atoms with Crippen molar-refractivity contribution in [3.63, 3.8) is 0 Å². The van der Waals surface area contributed by atoms with Crippen LogP contribution in [-0.2, 0) is 6.42 Å². The molecule has 1 aromatic carbocycles. The highest BCUT2D eigenvalue weighted by Crippen LogP contribution is 2.18. The molecule has 2 rings (SSSR count). The molecule has 0 bridgehead atoms. The van der Waals surface area contributed by atoms with Crippen LogP contribution in [0.1, 0.15) is 18.4 Å². The minimum absolute atomic E-state index is 0.259. The van der Waals surface area contributed by atoms with Crippen molar-refractivity contribution < 1.29 is 4.39 Å². The number of anilines is 1. The highest BCUT2D eigenvalue weighted by molar-refractivity contribution is 5.47. The maximum atomic E-state index is 12.8. The number of rotatable bonds is 2. The third-order valence-electron chi connectivity index (χ3n) is 2.74. The van der Waals surface area contributed by atoms with Gasteiger partial charge in [0.25, 0.3) is 0 Å². The lowest BCUT2D eigenvalue weighted by Crippen LogP contribution is -2.24. The molecule has 1 heterocycles. The van der Waals surface area contributed by atoms with Gasteiger partial charge in [0, 0.05) is 11.7 Å². The zero-order valence-electron chi connectivity index (χ0n) is 8.09. The molecular weight excluding hydrogens is 179 g/mol. The average molecular weight is 194 g/mol. The summed E-state index contributed by atoms with van der Waals surface area (Å²) in [4.78, 5) is 0. The van der Waals surface area contributed by atoms with Gasteiger partial charge in [-0.3, -0.25) is 0 Å². The largest absolute Gasteiger partial charge is 0.398 e. The van der Waals surface area contributed by atoms with Crippen LogP contribution >= 0.6 is 0 Å². The van der Waals surface area contributed by atoms with Gasteiger partial charge in [0.05, 0.1) is 0 Å². The minimum Gasteiger partial charge on any atom is -0.398 e. The van der Waals surface area contributed by atoms with Crippen molar-refractivity contribution in [3.05, 3.63) is 29.6 Å². The molecule has 0 aliphatic carbocycles. The standard InChI is InChI=1S/C11H15FN2/c12-9-4-3-8(11(13)7-9)6-10-2-1-5-14-10/h3-4,7,10,14H,1-2,5-6,13H2. The van der Waals surface area contributed by atoms with E-state index < -0.39 is 0 Å². The Kier molecular flexibility index (Phi) is 2.68. The van der Waals surface area contributed by atoms with E-state index >= 15 is 0 Å². The molecule has 1 unspecified atom stereocenters. The Morgan fingerprint density at radius 1 is 1.50 bits per heavy atom. The van der Waals surface area contributed by atoms with Gasteiger partial charge in [0.15, 0.2) is 0 Å². The fraction of sp³-hybridized carbons (Fsp3) is 0.455. The topological polar surface area (TPSA) is 38.0 Å². The molecule has 3 heteroatoms. The molecule has 3 N–H and O–H groups in total. The minimum atomic E-state index is -0.259. The quantitative estimate of drug-likeness (QED) is 0.703. The van der Waals surface area contributed by atoms with Crippen LogP contribution in [-0.4, -0.2) is 12.6 Å². The average Bonchev–Trinajstić information content (AvgIpc) is 2.62. The van der Waals surface area contributed by atoms with E-state index in [1.54, 1.807) is 6.07 Å². The summed E-state index contributed by atoms with van der Waals surface area (Å²) in [5.74, 6) is -0.259. The van der Waals surface area contributed by atoms with Crippen molar-refractivity contribution in [3.8, 4) is 0 Å². The normalized spacial score (nSPS) is 21.4. The Hall–Kier alpha value is -1.09. The maximum absolute atomic E-state index is 12.8. The Morgan fingerprint density at radius 3 is 3.00 bits per heavy atom. The van der Waals surface area contributed by atoms with Gasteiger partial charge in [-0.2, -0.15) is 0 Å². The van der Waals surface area contributed by atoms with Crippen LogP contribution in [0.4, 0.5) is 10.1 Å². The Morgan fingerprint density at radius 2 is 2.36 bits per heavy atom. The predicted octanol–water partition coefficient (Wildman–Crippen LogP) is 1.70. The van der Waals surface area contributed by atoms with E-state index in [9.17, 15) is 4.39 Å². The van der Waals surface area contributed by atoms with Crippen LogP contribution in [0.3, 0.4) is 0 Å². The van der Waals surface area contributed by atoms with Gasteiger partial charge in [0.2, 0.25) is 0 Å². The predicted molar refractivity (Wildman–Crippen MR) is 55.5 cm³/mol. The monoisotopic (exact) mass is 194 g/mol. The summed E-state index contributed by atoms with van der Waals surface area (Å²) < 4.78 is 12.8. The second-order valence-electron chi connectivity index (χ2n) is 3.84. The number of nitrogens with one attached hydrogen (secondary N) is 1. The molecule has 14 heavy (non-hydrogen) atoms. The molecule has 0 aromatic heterocycles. The summed E-state index contributed by atoms with van der Waals surface area (Å²) in [5, 5.41) is 3.40. The molecule has 1 fully saturated rings. The fourth-order valence-electron chi connectivity index (χ4n) is 1.95. The lowest BCUT2D eigenvalue weighted by Gasteiger charge is -2.11. The van der Waals surface area contributed by atoms with Crippen LogP contribution in [0.25, 0.3) is 0 Å². The number of halogens is 1. The zero-order chi connectivity index (χ0) is 9.97. The number of hydrogen-bond acceptors (Lipinski definition) is 2. The summed E-state index contributed by atoms with van der Waals surface area (Å²) >= 11 is 0. The summed E-state index contributed by atoms with van der Waals surface area (Å²) in [7, 11) is 0. The van der Waals surface area contributed by atoms with Gasteiger partial charge < -0.3 is 11.1 Å². The van der Waals surface area contributed by atoms with Crippen LogP contribution in [0.15, 0.2) is 18.2 Å². The molecule has 0 radical (unpaired) electrons. The zero-order valence-corrected chi connectivity index (χ0v) is 8.09. The number of hydrogen-bond donors (Lipinski definition) is 2. The van der Waals surface area contributed by atoms with Crippen LogP contribution in [0.5, 0.6) is 0 Å². The first-order chi connectivity index (χ1) is 6.75. The van der Waals surface area contributed by atoms with Gasteiger partial charge in [-0.15, -0.1) is 0 Å². The number of nitrogens with two attached hydrogens (primary N) is 1. The third kappa shape index (κ3) is 2.04. The molecular formula is C11H15FN2. The van der Waals surface area contributed by atoms with Gasteiger partial charge in [-0.1, -0.05) is 6.07 Å². The maximum Gasteiger partial charge on any atom is 0.125 e. The second kappa shape index (κ2) is 3.96. The summed E-state index contributed by atoms with van der Waals surface area (Å²) in [6, 6.07) is 5.16. The van der Waals surface area contributed by atoms with Crippen molar-refractivity contribution >= 4 is 5.69 Å². The highest BCUT2D eigenvalue weighted by Gasteiger charge is 2.15. The molecule has 1 atom stereocenters. The van der Waals surface area contributed by atoms with E-state index in [1.165, 1.54) is 25.0 Å². The van der Waals surface area contributed by atoms with Crippen molar-refractivity contribution in [1.29, 1.82) is 0 Å². The first-order valence-corrected chi connectivity index (χ1v) is 5.03. The molecule has 1 saturated heterocycles. The van der Waals surface area contributed by atoms with E-state index in [4.69, 9.17) is 5.73 Å². The molecule has 0 saturated carbocycles. The Balaban J connectivity index is 2.08. The van der Waals surface area contributed by atoms with Gasteiger partial charge in [-0.05, 0) is 43.5 Å². The molecule has 1 aromatic rings. The molecule has 1 aliphatic heterocycles. The van der Waals surface area contributed by atoms with E-state index in [1.807, 2.05) is 0 Å². The molecule has 0 amide bonds. The van der Waals surface area contributed by atoms with E-state index in [0.29, 0.717) is 11.7 Å². The smallest absolute Gasteiger partial charge is 0.125 e. The third-order valence-corrected chi connectivity index (χ3v) is 2.74. The Bertz CT molecular complexity index is 319. The van der Waals surface area contributed by atoms with Crippen molar-refractivity contribution in [1.82, 2.24) is 5.32 Å². The van der Waals surface area contributed by atoms with Crippen molar-refractivity contribution in [2.45, 2.75) is 25.3 Å². The summed E-state index contributed by atoms with van der Waals surface area (Å²) in [6.07, 6.45) is 3.33. The van der Waals surface area contributed by atoms with E-state index in [-0.39, 0.29) is 5.82 Å². The highest BCUT2D eigenvalue weighted by atomic mass is 19.1. The Labute approximate surface area is 83.3 Å². The molecule has 0 spiro atoms. The van der Waals surface area contributed by atoms with Crippen molar-refractivity contribution in [2.75, 3.05) is 12.3 Å². The number of nitrogen functional groups attached to an aromatic ring is 1. The summed E-state index contributed by atoms with van der Waals surface area (Å²) in [5.41, 5.74) is 7.35. The van der Waals surface area contributed by atoms with Crippen LogP contribution < -0.4 is 11.1 Å². The first kappa shape index (κ1) is 9.46. The summed E-state index contributed by atoms with van der Waals surface area (Å²) in [6.45, 7) is 1.09. The van der Waals surface area contributed by atoms with Crippen LogP contribution in [0.2, 0.25) is 0 Å². The van der Waals surface area contributed by atoms with E-state index in [2.05, 4.69) is 5.32 Å². The first-order valence-electron chi connectivity index (χ1n) is 5.03. The van der Waals surface area contributed by atoms with Gasteiger partial charge >= 0.3 is 0 Å². The lowest BCUT2D eigenvalue weighted by molar-refractivity contribution is 0.600. The van der Waals surface area contributed by atoms with Gasteiger partial charge in [0.1, 0.15) is 5.82 Å². The molecule has 76 valence electrons. The van der Waals surface area contributed by atoms with E-state index in [0.717, 1.165) is 18.5 Å². The fourth-order valence-corrected chi connectivity index (χ4v) is 1.95.